The second kappa shape index (κ2) is 9.23. The lowest BCUT2D eigenvalue weighted by molar-refractivity contribution is -0.122. The number of hydrogen-bond acceptors (Lipinski definition) is 5. The van der Waals surface area contributed by atoms with Crippen LogP contribution in [0.5, 0.6) is 11.5 Å². The van der Waals surface area contributed by atoms with Crippen LogP contribution in [0.2, 0.25) is 0 Å². The van der Waals surface area contributed by atoms with Crippen LogP contribution in [0, 0.1) is 0 Å². The van der Waals surface area contributed by atoms with E-state index in [4.69, 9.17) is 14.2 Å². The van der Waals surface area contributed by atoms with Gasteiger partial charge in [-0.05, 0) is 31.2 Å². The minimum atomic E-state index is -0.775. The highest BCUT2D eigenvalue weighted by atomic mass is 16.5. The van der Waals surface area contributed by atoms with E-state index < -0.39 is 6.10 Å². The van der Waals surface area contributed by atoms with Crippen molar-refractivity contribution in [2.75, 3.05) is 38.7 Å². The molecule has 7 nitrogen and oxygen atoms in total. The van der Waals surface area contributed by atoms with Gasteiger partial charge >= 0.3 is 0 Å². The van der Waals surface area contributed by atoms with Crippen molar-refractivity contribution in [2.45, 2.75) is 13.0 Å². The maximum absolute atomic E-state index is 12.8. The minimum Gasteiger partial charge on any atom is -0.493 e. The summed E-state index contributed by atoms with van der Waals surface area (Å²) in [6, 6.07) is 14.1. The van der Waals surface area contributed by atoms with E-state index in [0.29, 0.717) is 49.1 Å². The van der Waals surface area contributed by atoms with Crippen LogP contribution in [0.4, 0.5) is 5.69 Å². The molecule has 1 aliphatic heterocycles. The molecule has 0 aliphatic carbocycles. The van der Waals surface area contributed by atoms with Crippen molar-refractivity contribution in [3.05, 3.63) is 54.1 Å². The molecule has 1 heterocycles. The molecule has 0 spiro atoms. The fourth-order valence-electron chi connectivity index (χ4n) is 2.91. The number of morpholine rings is 1. The molecule has 1 N–H and O–H groups in total. The molecule has 2 amide bonds. The van der Waals surface area contributed by atoms with Crippen molar-refractivity contribution in [1.29, 1.82) is 0 Å². The fraction of sp³-hybridized carbons (Fsp3) is 0.333. The summed E-state index contributed by atoms with van der Waals surface area (Å²) in [5, 5.41) is 2.80. The van der Waals surface area contributed by atoms with Gasteiger partial charge in [0.2, 0.25) is 0 Å². The van der Waals surface area contributed by atoms with Gasteiger partial charge in [0.05, 0.1) is 31.6 Å². The number of anilines is 1. The highest BCUT2D eigenvalue weighted by Gasteiger charge is 2.23. The Labute approximate surface area is 164 Å². The van der Waals surface area contributed by atoms with E-state index in [1.54, 1.807) is 61.4 Å². The number of hydrogen-bond donors (Lipinski definition) is 1. The van der Waals surface area contributed by atoms with Crippen LogP contribution in [0.25, 0.3) is 0 Å². The van der Waals surface area contributed by atoms with Crippen LogP contribution >= 0.6 is 0 Å². The Bertz CT molecular complexity index is 833. The monoisotopic (exact) mass is 384 g/mol. The van der Waals surface area contributed by atoms with Crippen molar-refractivity contribution in [3.8, 4) is 11.5 Å². The normalized spacial score (nSPS) is 14.9. The van der Waals surface area contributed by atoms with Crippen LogP contribution in [0.3, 0.4) is 0 Å². The Hall–Kier alpha value is -3.06. The average Bonchev–Trinajstić information content (AvgIpc) is 2.74. The molecule has 148 valence electrons. The Morgan fingerprint density at radius 3 is 2.39 bits per heavy atom. The second-order valence-corrected chi connectivity index (χ2v) is 6.35. The maximum atomic E-state index is 12.8. The second-order valence-electron chi connectivity index (χ2n) is 6.35. The predicted molar refractivity (Wildman–Crippen MR) is 105 cm³/mol. The third-order valence-electron chi connectivity index (χ3n) is 4.46. The number of benzene rings is 2. The molecular weight excluding hydrogens is 360 g/mol. The topological polar surface area (TPSA) is 77.1 Å². The Morgan fingerprint density at radius 1 is 1.04 bits per heavy atom. The number of nitrogens with one attached hydrogen (secondary N) is 1. The molecule has 0 radical (unpaired) electrons. The number of ether oxygens (including phenoxy) is 3. The van der Waals surface area contributed by atoms with Gasteiger partial charge in [-0.1, -0.05) is 24.3 Å². The van der Waals surface area contributed by atoms with Gasteiger partial charge in [0, 0.05) is 13.1 Å². The molecule has 3 rings (SSSR count). The maximum Gasteiger partial charge on any atom is 0.265 e. The van der Waals surface area contributed by atoms with E-state index in [-0.39, 0.29) is 11.8 Å². The fourth-order valence-corrected chi connectivity index (χ4v) is 2.91. The van der Waals surface area contributed by atoms with Crippen LogP contribution in [-0.4, -0.2) is 56.2 Å². The number of carbonyl (C=O) groups is 2. The number of carbonyl (C=O) groups excluding carboxylic acids is 2. The number of nitrogens with zero attached hydrogens (tertiary/aromatic N) is 1. The number of methoxy groups -OCH3 is 1. The van der Waals surface area contributed by atoms with Crippen molar-refractivity contribution in [3.63, 3.8) is 0 Å². The molecule has 2 aromatic carbocycles. The van der Waals surface area contributed by atoms with Crippen LogP contribution in [0.15, 0.2) is 48.5 Å². The molecule has 0 aromatic heterocycles. The molecule has 2 aromatic rings. The zero-order chi connectivity index (χ0) is 19.9. The van der Waals surface area contributed by atoms with Crippen molar-refractivity contribution in [2.24, 2.45) is 0 Å². The first-order chi connectivity index (χ1) is 13.6. The zero-order valence-corrected chi connectivity index (χ0v) is 16.0. The molecule has 1 atom stereocenters. The molecule has 7 heteroatoms. The quantitative estimate of drug-likeness (QED) is 0.828. The average molecular weight is 384 g/mol. The smallest absolute Gasteiger partial charge is 0.265 e. The largest absolute Gasteiger partial charge is 0.493 e. The highest BCUT2D eigenvalue weighted by molar-refractivity contribution is 6.04. The number of para-hydroxylation sites is 3. The van der Waals surface area contributed by atoms with Gasteiger partial charge in [-0.2, -0.15) is 0 Å². The number of amides is 2. The van der Waals surface area contributed by atoms with Gasteiger partial charge in [-0.3, -0.25) is 9.59 Å². The lowest BCUT2D eigenvalue weighted by Gasteiger charge is -2.27. The van der Waals surface area contributed by atoms with E-state index in [1.165, 1.54) is 0 Å². The van der Waals surface area contributed by atoms with Crippen molar-refractivity contribution in [1.82, 2.24) is 4.90 Å². The number of rotatable bonds is 6. The molecule has 28 heavy (non-hydrogen) atoms. The Kier molecular flexibility index (Phi) is 6.49. The van der Waals surface area contributed by atoms with Crippen LogP contribution < -0.4 is 14.8 Å². The molecule has 1 fully saturated rings. The van der Waals surface area contributed by atoms with E-state index in [0.717, 1.165) is 0 Å². The lowest BCUT2D eigenvalue weighted by Crippen LogP contribution is -2.41. The first kappa shape index (κ1) is 19.7. The molecular formula is C21H24N2O5. The van der Waals surface area contributed by atoms with Gasteiger partial charge in [0.15, 0.2) is 17.6 Å². The summed E-state index contributed by atoms with van der Waals surface area (Å²) in [6.45, 7) is 3.76. The summed E-state index contributed by atoms with van der Waals surface area (Å²) in [7, 11) is 1.54. The van der Waals surface area contributed by atoms with Gasteiger partial charge < -0.3 is 24.4 Å². The third-order valence-corrected chi connectivity index (χ3v) is 4.46. The van der Waals surface area contributed by atoms with Gasteiger partial charge in [-0.25, -0.2) is 0 Å². The van der Waals surface area contributed by atoms with Crippen LogP contribution in [0.1, 0.15) is 17.3 Å². The summed E-state index contributed by atoms with van der Waals surface area (Å²) in [5.74, 6) is 0.543. The summed E-state index contributed by atoms with van der Waals surface area (Å²) in [6.07, 6.45) is -0.775. The van der Waals surface area contributed by atoms with Gasteiger partial charge in [0.25, 0.3) is 11.8 Å². The van der Waals surface area contributed by atoms with E-state index in [2.05, 4.69) is 5.32 Å². The SMILES string of the molecule is COc1ccccc1O[C@@H](C)C(=O)Nc1ccccc1C(=O)N1CCOCC1. The lowest BCUT2D eigenvalue weighted by atomic mass is 10.1. The molecule has 0 saturated carbocycles. The Morgan fingerprint density at radius 2 is 1.68 bits per heavy atom. The molecule has 1 saturated heterocycles. The van der Waals surface area contributed by atoms with E-state index >= 15 is 0 Å². The van der Waals surface area contributed by atoms with Gasteiger partial charge in [0.1, 0.15) is 0 Å². The first-order valence-corrected chi connectivity index (χ1v) is 9.16. The predicted octanol–water partition coefficient (Wildman–Crippen LogP) is 2.57. The molecule has 1 aliphatic rings. The summed E-state index contributed by atoms with van der Waals surface area (Å²) in [5.41, 5.74) is 0.904. The summed E-state index contributed by atoms with van der Waals surface area (Å²) >= 11 is 0. The van der Waals surface area contributed by atoms with Gasteiger partial charge in [-0.15, -0.1) is 0 Å². The summed E-state index contributed by atoms with van der Waals surface area (Å²) < 4.78 is 16.3. The van der Waals surface area contributed by atoms with Crippen LogP contribution in [-0.2, 0) is 9.53 Å². The van der Waals surface area contributed by atoms with Crippen molar-refractivity contribution < 1.29 is 23.8 Å². The minimum absolute atomic E-state index is 0.127. The summed E-state index contributed by atoms with van der Waals surface area (Å²) in [4.78, 5) is 27.2. The first-order valence-electron chi connectivity index (χ1n) is 9.16. The third kappa shape index (κ3) is 4.61. The highest BCUT2D eigenvalue weighted by Crippen LogP contribution is 2.27. The molecule has 0 unspecified atom stereocenters. The Balaban J connectivity index is 1.70. The standard InChI is InChI=1S/C21H24N2O5/c1-15(28-19-10-6-5-9-18(19)26-2)20(24)22-17-8-4-3-7-16(17)21(25)23-11-13-27-14-12-23/h3-10,15H,11-14H2,1-2H3,(H,22,24)/t15-/m0/s1. The van der Waals surface area contributed by atoms with E-state index in [1.807, 2.05) is 6.07 Å². The molecule has 0 bridgehead atoms. The van der Waals surface area contributed by atoms with Crippen molar-refractivity contribution >= 4 is 17.5 Å². The van der Waals surface area contributed by atoms with E-state index in [9.17, 15) is 9.59 Å². The zero-order valence-electron chi connectivity index (χ0n) is 16.0.